The Morgan fingerprint density at radius 2 is 1.73 bits per heavy atom. The van der Waals surface area contributed by atoms with Crippen LogP contribution in [0.1, 0.15) is 4.88 Å². The maximum atomic E-state index is 12.4. The molecule has 0 radical (unpaired) electrons. The van der Waals surface area contributed by atoms with Crippen LogP contribution >= 0.6 is 11.3 Å². The molecule has 0 bridgehead atoms. The summed E-state index contributed by atoms with van der Waals surface area (Å²) in [5.74, 6) is 0.338. The second kappa shape index (κ2) is 9.45. The Bertz CT molecular complexity index is 581. The van der Waals surface area contributed by atoms with Gasteiger partial charge in [0.15, 0.2) is 0 Å². The minimum atomic E-state index is 0.149. The zero-order chi connectivity index (χ0) is 18.4. The molecule has 2 aliphatic heterocycles. The maximum Gasteiger partial charge on any atom is 0.236 e. The third-order valence-electron chi connectivity index (χ3n) is 4.95. The average Bonchev–Trinajstić information content (AvgIpc) is 3.17. The highest BCUT2D eigenvalue weighted by Gasteiger charge is 2.24. The summed E-state index contributed by atoms with van der Waals surface area (Å²) in [5.41, 5.74) is 0. The lowest BCUT2D eigenvalue weighted by Crippen LogP contribution is -2.53. The SMILES string of the molecule is CN(Cc1cccs1)C(=O)CN1CCN(CC(=O)N2CCOCC2)CC1. The number of likely N-dealkylation sites (N-methyl/N-ethyl adjacent to an activating group) is 1. The van der Waals surface area contributed by atoms with Crippen LogP contribution in [0.4, 0.5) is 0 Å². The fourth-order valence-electron chi connectivity index (χ4n) is 3.25. The van der Waals surface area contributed by atoms with Crippen molar-refractivity contribution in [3.63, 3.8) is 0 Å². The number of thiophene rings is 1. The van der Waals surface area contributed by atoms with E-state index in [4.69, 9.17) is 4.74 Å². The van der Waals surface area contributed by atoms with E-state index in [9.17, 15) is 9.59 Å². The van der Waals surface area contributed by atoms with Gasteiger partial charge in [-0.15, -0.1) is 11.3 Å². The molecule has 2 aliphatic rings. The normalized spacial score (nSPS) is 19.5. The first-order valence-corrected chi connectivity index (χ1v) is 10.1. The van der Waals surface area contributed by atoms with Gasteiger partial charge in [0.2, 0.25) is 11.8 Å². The summed E-state index contributed by atoms with van der Waals surface area (Å²) >= 11 is 1.67. The summed E-state index contributed by atoms with van der Waals surface area (Å²) in [6.07, 6.45) is 0. The van der Waals surface area contributed by atoms with Crippen LogP contribution in [0.3, 0.4) is 0 Å². The first kappa shape index (κ1) is 19.3. The third-order valence-corrected chi connectivity index (χ3v) is 5.81. The van der Waals surface area contributed by atoms with E-state index in [0.717, 1.165) is 26.2 Å². The van der Waals surface area contributed by atoms with E-state index in [1.165, 1.54) is 4.88 Å². The molecule has 2 amide bonds. The summed E-state index contributed by atoms with van der Waals surface area (Å²) in [5, 5.41) is 2.03. The van der Waals surface area contributed by atoms with Crippen LogP contribution in [0.2, 0.25) is 0 Å². The molecule has 0 aromatic carbocycles. The van der Waals surface area contributed by atoms with E-state index in [1.54, 1.807) is 16.2 Å². The van der Waals surface area contributed by atoms with E-state index in [0.29, 0.717) is 45.9 Å². The zero-order valence-corrected chi connectivity index (χ0v) is 16.2. The van der Waals surface area contributed by atoms with Gasteiger partial charge in [-0.05, 0) is 11.4 Å². The van der Waals surface area contributed by atoms with Crippen molar-refractivity contribution in [2.45, 2.75) is 6.54 Å². The van der Waals surface area contributed by atoms with Gasteiger partial charge in [-0.3, -0.25) is 19.4 Å². The summed E-state index contributed by atoms with van der Waals surface area (Å²) in [4.78, 5) is 34.0. The minimum absolute atomic E-state index is 0.149. The first-order chi connectivity index (χ1) is 12.6. The maximum absolute atomic E-state index is 12.4. The highest BCUT2D eigenvalue weighted by atomic mass is 32.1. The van der Waals surface area contributed by atoms with Gasteiger partial charge < -0.3 is 14.5 Å². The molecule has 0 atom stereocenters. The Hall–Kier alpha value is -1.48. The van der Waals surface area contributed by atoms with Crippen LogP contribution in [-0.2, 0) is 20.9 Å². The largest absolute Gasteiger partial charge is 0.378 e. The lowest BCUT2D eigenvalue weighted by molar-refractivity contribution is -0.137. The van der Waals surface area contributed by atoms with E-state index < -0.39 is 0 Å². The Morgan fingerprint density at radius 3 is 2.35 bits per heavy atom. The quantitative estimate of drug-likeness (QED) is 0.705. The highest BCUT2D eigenvalue weighted by Crippen LogP contribution is 2.11. The Balaban J connectivity index is 1.36. The number of carbonyl (C=O) groups is 2. The summed E-state index contributed by atoms with van der Waals surface area (Å²) in [7, 11) is 1.86. The molecule has 0 unspecified atom stereocenters. The predicted molar refractivity (Wildman–Crippen MR) is 101 cm³/mol. The predicted octanol–water partition coefficient (Wildman–Crippen LogP) is 0.183. The molecular weight excluding hydrogens is 352 g/mol. The molecular formula is C18H28N4O3S. The van der Waals surface area contributed by atoms with Crippen molar-refractivity contribution in [1.82, 2.24) is 19.6 Å². The third kappa shape index (κ3) is 5.51. The molecule has 1 aromatic heterocycles. The standard InChI is InChI=1S/C18H28N4O3S/c1-19(13-16-3-2-12-26-16)17(23)14-20-4-6-21(7-5-20)15-18(24)22-8-10-25-11-9-22/h2-3,12H,4-11,13-15H2,1H3. The molecule has 144 valence electrons. The van der Waals surface area contributed by atoms with Crippen molar-refractivity contribution in [3.05, 3.63) is 22.4 Å². The number of hydrogen-bond donors (Lipinski definition) is 0. The van der Waals surface area contributed by atoms with Crippen LogP contribution in [0.5, 0.6) is 0 Å². The molecule has 3 rings (SSSR count). The van der Waals surface area contributed by atoms with E-state index in [-0.39, 0.29) is 11.8 Å². The van der Waals surface area contributed by atoms with Crippen LogP contribution in [-0.4, -0.2) is 104 Å². The Morgan fingerprint density at radius 1 is 1.08 bits per heavy atom. The van der Waals surface area contributed by atoms with Gasteiger partial charge in [0, 0.05) is 51.2 Å². The number of piperazine rings is 1. The number of carbonyl (C=O) groups excluding carboxylic acids is 2. The van der Waals surface area contributed by atoms with Crippen molar-refractivity contribution < 1.29 is 14.3 Å². The molecule has 26 heavy (non-hydrogen) atoms. The van der Waals surface area contributed by atoms with E-state index in [2.05, 4.69) is 15.9 Å². The monoisotopic (exact) mass is 380 g/mol. The van der Waals surface area contributed by atoms with Gasteiger partial charge in [0.1, 0.15) is 0 Å². The zero-order valence-electron chi connectivity index (χ0n) is 15.4. The van der Waals surface area contributed by atoms with E-state index >= 15 is 0 Å². The fraction of sp³-hybridized carbons (Fsp3) is 0.667. The summed E-state index contributed by atoms with van der Waals surface area (Å²) in [6.45, 7) is 7.59. The fourth-order valence-corrected chi connectivity index (χ4v) is 4.00. The lowest BCUT2D eigenvalue weighted by Gasteiger charge is -2.36. The first-order valence-electron chi connectivity index (χ1n) is 9.18. The molecule has 1 aromatic rings. The lowest BCUT2D eigenvalue weighted by atomic mass is 10.3. The van der Waals surface area contributed by atoms with Crippen LogP contribution in [0.15, 0.2) is 17.5 Å². The van der Waals surface area contributed by atoms with Gasteiger partial charge in [-0.1, -0.05) is 6.07 Å². The molecule has 0 N–H and O–H groups in total. The number of hydrogen-bond acceptors (Lipinski definition) is 6. The van der Waals surface area contributed by atoms with Crippen molar-refractivity contribution >= 4 is 23.2 Å². The summed E-state index contributed by atoms with van der Waals surface area (Å²) < 4.78 is 5.29. The topological polar surface area (TPSA) is 56.3 Å². The van der Waals surface area contributed by atoms with Gasteiger partial charge in [-0.25, -0.2) is 0 Å². The molecule has 0 saturated carbocycles. The molecule has 2 saturated heterocycles. The van der Waals surface area contributed by atoms with Crippen LogP contribution in [0.25, 0.3) is 0 Å². The van der Waals surface area contributed by atoms with Crippen LogP contribution in [0, 0.1) is 0 Å². The number of amides is 2. The molecule has 2 fully saturated rings. The van der Waals surface area contributed by atoms with Crippen molar-refractivity contribution in [2.75, 3.05) is 72.6 Å². The molecule has 7 nitrogen and oxygen atoms in total. The Labute approximate surface area is 159 Å². The number of morpholine rings is 1. The van der Waals surface area contributed by atoms with Crippen molar-refractivity contribution in [1.29, 1.82) is 0 Å². The highest BCUT2D eigenvalue weighted by molar-refractivity contribution is 7.09. The Kier molecular flexibility index (Phi) is 7.01. The smallest absolute Gasteiger partial charge is 0.236 e. The average molecular weight is 381 g/mol. The minimum Gasteiger partial charge on any atom is -0.378 e. The van der Waals surface area contributed by atoms with Crippen molar-refractivity contribution in [3.8, 4) is 0 Å². The number of rotatable bonds is 6. The van der Waals surface area contributed by atoms with Gasteiger partial charge in [0.05, 0.1) is 32.8 Å². The van der Waals surface area contributed by atoms with Crippen LogP contribution < -0.4 is 0 Å². The number of nitrogens with zero attached hydrogens (tertiary/aromatic N) is 4. The molecule has 8 heteroatoms. The molecule has 3 heterocycles. The van der Waals surface area contributed by atoms with Gasteiger partial charge >= 0.3 is 0 Å². The molecule has 0 aliphatic carbocycles. The summed E-state index contributed by atoms with van der Waals surface area (Å²) in [6, 6.07) is 4.06. The molecule has 0 spiro atoms. The van der Waals surface area contributed by atoms with Crippen molar-refractivity contribution in [2.24, 2.45) is 0 Å². The van der Waals surface area contributed by atoms with Gasteiger partial charge in [0.25, 0.3) is 0 Å². The van der Waals surface area contributed by atoms with Gasteiger partial charge in [-0.2, -0.15) is 0 Å². The number of ether oxygens (including phenoxy) is 1. The second-order valence-electron chi connectivity index (χ2n) is 6.87. The second-order valence-corrected chi connectivity index (χ2v) is 7.91. The van der Waals surface area contributed by atoms with E-state index in [1.807, 2.05) is 23.4 Å².